The van der Waals surface area contributed by atoms with Crippen molar-refractivity contribution < 1.29 is 23.8 Å². The molecule has 28 heavy (non-hydrogen) atoms. The van der Waals surface area contributed by atoms with Crippen molar-refractivity contribution in [1.29, 1.82) is 0 Å². The van der Waals surface area contributed by atoms with Crippen LogP contribution in [0.1, 0.15) is 37.7 Å². The van der Waals surface area contributed by atoms with Gasteiger partial charge in [0.1, 0.15) is 6.10 Å². The Morgan fingerprint density at radius 3 is 2.86 bits per heavy atom. The molecule has 0 saturated carbocycles. The zero-order valence-corrected chi connectivity index (χ0v) is 17.3. The Morgan fingerprint density at radius 2 is 2.07 bits per heavy atom. The number of hydrogen-bond donors (Lipinski definition) is 1. The SMILES string of the molecule is O=C(CCCCC1CCSS1)N[C@@H](Cc1ccc2c(c1)OCO2)C(=O)C1CO1. The van der Waals surface area contributed by atoms with E-state index in [4.69, 9.17) is 14.2 Å². The molecule has 152 valence electrons. The van der Waals surface area contributed by atoms with Crippen molar-refractivity contribution in [2.24, 2.45) is 0 Å². The molecule has 1 N–H and O–H groups in total. The lowest BCUT2D eigenvalue weighted by atomic mass is 10.00. The van der Waals surface area contributed by atoms with Crippen LogP contribution in [0.5, 0.6) is 11.5 Å². The molecule has 0 aromatic heterocycles. The number of benzene rings is 1. The lowest BCUT2D eigenvalue weighted by Crippen LogP contribution is -2.44. The quantitative estimate of drug-likeness (QED) is 0.352. The average Bonchev–Trinajstić information content (AvgIpc) is 3.21. The van der Waals surface area contributed by atoms with Gasteiger partial charge in [-0.1, -0.05) is 34.1 Å². The van der Waals surface area contributed by atoms with E-state index in [0.717, 1.165) is 23.7 Å². The van der Waals surface area contributed by atoms with Gasteiger partial charge in [-0.2, -0.15) is 0 Å². The first-order valence-electron chi connectivity index (χ1n) is 9.80. The van der Waals surface area contributed by atoms with Gasteiger partial charge in [0.15, 0.2) is 17.3 Å². The topological polar surface area (TPSA) is 77.2 Å². The van der Waals surface area contributed by atoms with Crippen LogP contribution in [0.15, 0.2) is 18.2 Å². The minimum atomic E-state index is -0.567. The predicted molar refractivity (Wildman–Crippen MR) is 110 cm³/mol. The molecule has 1 amide bonds. The van der Waals surface area contributed by atoms with E-state index in [1.807, 2.05) is 39.8 Å². The van der Waals surface area contributed by atoms with Crippen LogP contribution in [0, 0.1) is 0 Å². The van der Waals surface area contributed by atoms with Gasteiger partial charge < -0.3 is 19.5 Å². The number of amides is 1. The van der Waals surface area contributed by atoms with Crippen LogP contribution < -0.4 is 14.8 Å². The van der Waals surface area contributed by atoms with Gasteiger partial charge in [0.05, 0.1) is 12.6 Å². The van der Waals surface area contributed by atoms with Gasteiger partial charge in [-0.25, -0.2) is 0 Å². The number of unbranched alkanes of at least 4 members (excludes halogenated alkanes) is 1. The monoisotopic (exact) mass is 423 g/mol. The minimum absolute atomic E-state index is 0.0506. The summed E-state index contributed by atoms with van der Waals surface area (Å²) in [6.07, 6.45) is 4.86. The summed E-state index contributed by atoms with van der Waals surface area (Å²) in [5.74, 6) is 2.52. The maximum absolute atomic E-state index is 12.6. The average molecular weight is 424 g/mol. The minimum Gasteiger partial charge on any atom is -0.454 e. The third kappa shape index (κ3) is 5.36. The molecule has 2 unspecified atom stereocenters. The summed E-state index contributed by atoms with van der Waals surface area (Å²) in [5, 5.41) is 3.67. The number of fused-ring (bicyclic) bond motifs is 1. The van der Waals surface area contributed by atoms with Gasteiger partial charge in [-0.15, -0.1) is 0 Å². The molecule has 3 aliphatic rings. The molecule has 0 aliphatic carbocycles. The van der Waals surface area contributed by atoms with Gasteiger partial charge in [-0.3, -0.25) is 9.59 Å². The summed E-state index contributed by atoms with van der Waals surface area (Å²) < 4.78 is 15.9. The molecular weight excluding hydrogens is 398 g/mol. The standard InChI is InChI=1S/C20H25NO5S2/c22-19(4-2-1-3-14-7-8-27-28-14)21-15(20(23)18-11-24-18)9-13-5-6-16-17(10-13)26-12-25-16/h5-6,10,14-15,18H,1-4,7-9,11-12H2,(H,21,22)/t14?,15-,18?/m0/s1. The molecular formula is C20H25NO5S2. The highest BCUT2D eigenvalue weighted by Crippen LogP contribution is 2.40. The zero-order chi connectivity index (χ0) is 19.3. The van der Waals surface area contributed by atoms with E-state index >= 15 is 0 Å². The second-order valence-electron chi connectivity index (χ2n) is 7.31. The number of ether oxygens (including phenoxy) is 3. The fraction of sp³-hybridized carbons (Fsp3) is 0.600. The smallest absolute Gasteiger partial charge is 0.231 e. The fourth-order valence-corrected chi connectivity index (χ4v) is 6.48. The van der Waals surface area contributed by atoms with E-state index in [9.17, 15) is 9.59 Å². The van der Waals surface area contributed by atoms with Crippen LogP contribution in [0.2, 0.25) is 0 Å². The number of hydrogen-bond acceptors (Lipinski definition) is 7. The molecule has 3 atom stereocenters. The predicted octanol–water partition coefficient (Wildman–Crippen LogP) is 3.12. The highest BCUT2D eigenvalue weighted by molar-refractivity contribution is 8.77. The summed E-state index contributed by atoms with van der Waals surface area (Å²) in [7, 11) is 3.92. The van der Waals surface area contributed by atoms with Gasteiger partial charge >= 0.3 is 0 Å². The van der Waals surface area contributed by atoms with Gasteiger partial charge in [0.2, 0.25) is 12.7 Å². The van der Waals surface area contributed by atoms with E-state index in [2.05, 4.69) is 5.32 Å². The molecule has 8 heteroatoms. The Bertz CT molecular complexity index is 719. The maximum Gasteiger partial charge on any atom is 0.231 e. The van der Waals surface area contributed by atoms with Gasteiger partial charge in [0.25, 0.3) is 0 Å². The molecule has 2 saturated heterocycles. The summed E-state index contributed by atoms with van der Waals surface area (Å²) in [4.78, 5) is 25.0. The Kier molecular flexibility index (Phi) is 6.69. The number of carbonyl (C=O) groups excluding carboxylic acids is 2. The van der Waals surface area contributed by atoms with Crippen LogP contribution in [-0.4, -0.2) is 48.2 Å². The van der Waals surface area contributed by atoms with E-state index in [-0.39, 0.29) is 24.6 Å². The van der Waals surface area contributed by atoms with Crippen LogP contribution in [0.4, 0.5) is 0 Å². The highest BCUT2D eigenvalue weighted by atomic mass is 33.1. The summed E-state index contributed by atoms with van der Waals surface area (Å²) in [5.41, 5.74) is 0.930. The van der Waals surface area contributed by atoms with E-state index < -0.39 is 6.04 Å². The number of epoxide rings is 1. The number of carbonyl (C=O) groups is 2. The molecule has 0 bridgehead atoms. The number of rotatable bonds is 10. The molecule has 4 rings (SSSR count). The van der Waals surface area contributed by atoms with Crippen molar-refractivity contribution >= 4 is 33.3 Å². The lowest BCUT2D eigenvalue weighted by Gasteiger charge is -2.17. The fourth-order valence-electron chi connectivity index (χ4n) is 3.45. The van der Waals surface area contributed by atoms with Crippen molar-refractivity contribution in [1.82, 2.24) is 5.32 Å². The molecule has 1 aromatic rings. The molecule has 1 aromatic carbocycles. The Labute approximate surface area is 172 Å². The third-order valence-corrected chi connectivity index (χ3v) is 8.12. The second kappa shape index (κ2) is 9.41. The first-order chi connectivity index (χ1) is 13.7. The van der Waals surface area contributed by atoms with Crippen molar-refractivity contribution in [2.75, 3.05) is 19.2 Å². The van der Waals surface area contributed by atoms with E-state index in [0.29, 0.717) is 30.9 Å². The van der Waals surface area contributed by atoms with E-state index in [1.165, 1.54) is 18.6 Å². The van der Waals surface area contributed by atoms with Crippen molar-refractivity contribution in [3.63, 3.8) is 0 Å². The molecule has 2 fully saturated rings. The molecule has 3 heterocycles. The summed E-state index contributed by atoms with van der Waals surface area (Å²) in [6.45, 7) is 0.662. The maximum atomic E-state index is 12.6. The van der Waals surface area contributed by atoms with Gasteiger partial charge in [0, 0.05) is 17.4 Å². The summed E-state index contributed by atoms with van der Waals surface area (Å²) >= 11 is 0. The number of nitrogens with one attached hydrogen (secondary N) is 1. The van der Waals surface area contributed by atoms with Crippen LogP contribution >= 0.6 is 21.6 Å². The molecule has 6 nitrogen and oxygen atoms in total. The lowest BCUT2D eigenvalue weighted by molar-refractivity contribution is -0.128. The Hall–Kier alpha value is -1.38. The van der Waals surface area contributed by atoms with Crippen molar-refractivity contribution in [3.05, 3.63) is 23.8 Å². The summed E-state index contributed by atoms with van der Waals surface area (Å²) in [6, 6.07) is 5.06. The van der Waals surface area contributed by atoms with Gasteiger partial charge in [-0.05, 0) is 43.4 Å². The first kappa shape index (κ1) is 19.9. The number of ketones is 1. The van der Waals surface area contributed by atoms with Crippen LogP contribution in [0.3, 0.4) is 0 Å². The highest BCUT2D eigenvalue weighted by Gasteiger charge is 2.37. The van der Waals surface area contributed by atoms with Crippen LogP contribution in [-0.2, 0) is 20.7 Å². The van der Waals surface area contributed by atoms with E-state index in [1.54, 1.807) is 0 Å². The normalized spacial score (nSPS) is 23.4. The third-order valence-electron chi connectivity index (χ3n) is 5.11. The largest absolute Gasteiger partial charge is 0.454 e. The molecule has 0 radical (unpaired) electrons. The molecule has 3 aliphatic heterocycles. The van der Waals surface area contributed by atoms with Crippen LogP contribution in [0.25, 0.3) is 0 Å². The second-order valence-corrected chi connectivity index (χ2v) is 10.1. The van der Waals surface area contributed by atoms with Crippen molar-refractivity contribution in [3.8, 4) is 11.5 Å². The Balaban J connectivity index is 1.28. The number of Topliss-reactive ketones (excluding diaryl/α,β-unsaturated/α-hetero) is 1. The van der Waals surface area contributed by atoms with Crippen molar-refractivity contribution in [2.45, 2.75) is 55.9 Å². The first-order valence-corrected chi connectivity index (χ1v) is 12.2. The molecule has 0 spiro atoms. The Morgan fingerprint density at radius 1 is 1.21 bits per heavy atom. The zero-order valence-electron chi connectivity index (χ0n) is 15.7.